The number of carbonyl (C=O) groups is 2. The third kappa shape index (κ3) is 4.72. The average Bonchev–Trinajstić information content (AvgIpc) is 3.25. The van der Waals surface area contributed by atoms with E-state index in [1.807, 2.05) is 67.6 Å². The van der Waals surface area contributed by atoms with Gasteiger partial charge in [-0.05, 0) is 66.7 Å². The first kappa shape index (κ1) is 19.8. The second kappa shape index (κ2) is 8.45. The van der Waals surface area contributed by atoms with Crippen molar-refractivity contribution in [1.82, 2.24) is 4.90 Å². The van der Waals surface area contributed by atoms with Crippen molar-refractivity contribution in [2.24, 2.45) is 0 Å². The largest absolute Gasteiger partial charge is 0.347 e. The molecule has 1 aliphatic rings. The normalized spacial score (nSPS) is 15.4. The van der Waals surface area contributed by atoms with Crippen LogP contribution >= 0.6 is 34.7 Å². The van der Waals surface area contributed by atoms with Gasteiger partial charge in [0.25, 0.3) is 11.1 Å². The van der Waals surface area contributed by atoms with E-state index < -0.39 is 0 Å². The molecule has 1 aromatic heterocycles. The number of benzene rings is 2. The Morgan fingerprint density at radius 3 is 2.45 bits per heavy atom. The third-order valence-electron chi connectivity index (χ3n) is 4.35. The van der Waals surface area contributed by atoms with Crippen LogP contribution in [0.3, 0.4) is 0 Å². The first-order valence-corrected chi connectivity index (χ1v) is 10.9. The molecular formula is C22H17ClN2O2S2. The smallest absolute Gasteiger partial charge is 0.293 e. The molecule has 1 saturated heterocycles. The Labute approximate surface area is 182 Å². The molecule has 29 heavy (non-hydrogen) atoms. The number of hydrogen-bond donors (Lipinski definition) is 1. The number of rotatable bonds is 5. The maximum atomic E-state index is 12.7. The molecule has 1 fully saturated rings. The summed E-state index contributed by atoms with van der Waals surface area (Å²) in [5.41, 5.74) is 3.01. The quantitative estimate of drug-likeness (QED) is 0.449. The van der Waals surface area contributed by atoms with Gasteiger partial charge in [-0.1, -0.05) is 41.4 Å². The van der Waals surface area contributed by atoms with Gasteiger partial charge in [-0.15, -0.1) is 11.3 Å². The second-order valence-electron chi connectivity index (χ2n) is 6.59. The molecule has 0 spiro atoms. The monoisotopic (exact) mass is 440 g/mol. The summed E-state index contributed by atoms with van der Waals surface area (Å²) < 4.78 is 0. The summed E-state index contributed by atoms with van der Waals surface area (Å²) in [6.45, 7) is 2.29. The number of carbonyl (C=O) groups excluding carboxylic acids is 2. The maximum Gasteiger partial charge on any atom is 0.293 e. The summed E-state index contributed by atoms with van der Waals surface area (Å²) in [6, 6.07) is 19.2. The number of aryl methyl sites for hydroxylation is 1. The van der Waals surface area contributed by atoms with Gasteiger partial charge in [0.1, 0.15) is 0 Å². The van der Waals surface area contributed by atoms with Crippen LogP contribution < -0.4 is 5.32 Å². The molecule has 0 bridgehead atoms. The minimum absolute atomic E-state index is 0.238. The van der Waals surface area contributed by atoms with Gasteiger partial charge in [-0.25, -0.2) is 0 Å². The molecule has 7 heteroatoms. The second-order valence-corrected chi connectivity index (χ2v) is 9.13. The summed E-state index contributed by atoms with van der Waals surface area (Å²) in [5.74, 6) is -0.249. The van der Waals surface area contributed by atoms with Gasteiger partial charge in [0.15, 0.2) is 0 Å². The highest BCUT2D eigenvalue weighted by molar-refractivity contribution is 8.18. The SMILES string of the molecule is Cc1ccc(CN2C(=O)S/C(=C\c3ccc(Nc4ccc(Cl)cc4)s3)C2=O)cc1. The Bertz CT molecular complexity index is 1090. The average molecular weight is 441 g/mol. The van der Waals surface area contributed by atoms with Crippen LogP contribution in [-0.2, 0) is 11.3 Å². The summed E-state index contributed by atoms with van der Waals surface area (Å²) in [5, 5.41) is 4.69. The number of amides is 2. The summed E-state index contributed by atoms with van der Waals surface area (Å²) >= 11 is 8.41. The number of halogens is 1. The number of anilines is 2. The highest BCUT2D eigenvalue weighted by Crippen LogP contribution is 2.35. The maximum absolute atomic E-state index is 12.7. The highest BCUT2D eigenvalue weighted by Gasteiger charge is 2.35. The molecule has 0 saturated carbocycles. The predicted molar refractivity (Wildman–Crippen MR) is 122 cm³/mol. The van der Waals surface area contributed by atoms with Crippen LogP contribution in [0.5, 0.6) is 0 Å². The first-order chi connectivity index (χ1) is 14.0. The van der Waals surface area contributed by atoms with Crippen molar-refractivity contribution in [3.8, 4) is 0 Å². The van der Waals surface area contributed by atoms with Gasteiger partial charge < -0.3 is 5.32 Å². The first-order valence-electron chi connectivity index (χ1n) is 8.91. The molecule has 2 heterocycles. The number of hydrogen-bond acceptors (Lipinski definition) is 5. The van der Waals surface area contributed by atoms with Gasteiger partial charge in [0.2, 0.25) is 0 Å². The Kier molecular flexibility index (Phi) is 5.76. The molecule has 0 radical (unpaired) electrons. The number of thioether (sulfide) groups is 1. The van der Waals surface area contributed by atoms with Crippen LogP contribution in [0.2, 0.25) is 5.02 Å². The summed E-state index contributed by atoms with van der Waals surface area (Å²) in [6.07, 6.45) is 1.78. The van der Waals surface area contributed by atoms with E-state index in [-0.39, 0.29) is 17.7 Å². The van der Waals surface area contributed by atoms with Gasteiger partial charge in [-0.3, -0.25) is 14.5 Å². The minimum atomic E-state index is -0.249. The lowest BCUT2D eigenvalue weighted by molar-refractivity contribution is -0.123. The molecule has 4 nitrogen and oxygen atoms in total. The van der Waals surface area contributed by atoms with E-state index in [0.29, 0.717) is 9.93 Å². The molecule has 2 aromatic carbocycles. The third-order valence-corrected chi connectivity index (χ3v) is 6.45. The molecule has 4 rings (SSSR count). The molecule has 3 aromatic rings. The van der Waals surface area contributed by atoms with E-state index in [1.165, 1.54) is 16.2 Å². The van der Waals surface area contributed by atoms with Gasteiger partial charge in [-0.2, -0.15) is 0 Å². The van der Waals surface area contributed by atoms with Crippen molar-refractivity contribution < 1.29 is 9.59 Å². The van der Waals surface area contributed by atoms with Crippen LogP contribution in [0.25, 0.3) is 6.08 Å². The van der Waals surface area contributed by atoms with Crippen LogP contribution in [-0.4, -0.2) is 16.0 Å². The molecule has 0 atom stereocenters. The van der Waals surface area contributed by atoms with Crippen molar-refractivity contribution in [3.05, 3.63) is 86.6 Å². The summed E-state index contributed by atoms with van der Waals surface area (Å²) in [7, 11) is 0. The zero-order valence-electron chi connectivity index (χ0n) is 15.5. The van der Waals surface area contributed by atoms with Crippen molar-refractivity contribution in [1.29, 1.82) is 0 Å². The lowest BCUT2D eigenvalue weighted by atomic mass is 10.1. The number of thiophene rings is 1. The van der Waals surface area contributed by atoms with E-state index >= 15 is 0 Å². The Morgan fingerprint density at radius 2 is 1.72 bits per heavy atom. The van der Waals surface area contributed by atoms with Gasteiger partial charge in [0, 0.05) is 15.6 Å². The minimum Gasteiger partial charge on any atom is -0.347 e. The van der Waals surface area contributed by atoms with Crippen LogP contribution in [0.1, 0.15) is 16.0 Å². The standard InChI is InChI=1S/C22H17ClN2O2S2/c1-14-2-4-15(5-3-14)13-25-21(26)19(29-22(25)27)12-18-10-11-20(28-18)24-17-8-6-16(23)7-9-17/h2-12,24H,13H2,1H3/b19-12-. The molecule has 1 aliphatic heterocycles. The van der Waals surface area contributed by atoms with Crippen LogP contribution in [0, 0.1) is 6.92 Å². The van der Waals surface area contributed by atoms with Crippen molar-refractivity contribution in [2.75, 3.05) is 5.32 Å². The number of nitrogens with zero attached hydrogens (tertiary/aromatic N) is 1. The number of nitrogens with one attached hydrogen (secondary N) is 1. The van der Waals surface area contributed by atoms with E-state index in [4.69, 9.17) is 11.6 Å². The summed E-state index contributed by atoms with van der Waals surface area (Å²) in [4.78, 5) is 27.7. The zero-order valence-corrected chi connectivity index (χ0v) is 17.9. The number of imide groups is 1. The van der Waals surface area contributed by atoms with E-state index in [1.54, 1.807) is 6.08 Å². The van der Waals surface area contributed by atoms with Crippen LogP contribution in [0.15, 0.2) is 65.6 Å². The topological polar surface area (TPSA) is 49.4 Å². The lowest BCUT2D eigenvalue weighted by Gasteiger charge is -2.12. The predicted octanol–water partition coefficient (Wildman–Crippen LogP) is 6.69. The lowest BCUT2D eigenvalue weighted by Crippen LogP contribution is -2.27. The fraction of sp³-hybridized carbons (Fsp3) is 0.0909. The fourth-order valence-electron chi connectivity index (χ4n) is 2.81. The van der Waals surface area contributed by atoms with E-state index in [0.717, 1.165) is 38.5 Å². The van der Waals surface area contributed by atoms with Crippen molar-refractivity contribution in [3.63, 3.8) is 0 Å². The van der Waals surface area contributed by atoms with Crippen molar-refractivity contribution >= 4 is 62.6 Å². The molecule has 2 amide bonds. The fourth-order valence-corrected chi connectivity index (χ4v) is 4.72. The van der Waals surface area contributed by atoms with Crippen LogP contribution in [0.4, 0.5) is 15.5 Å². The Hall–Kier alpha value is -2.54. The molecule has 0 unspecified atom stereocenters. The molecular weight excluding hydrogens is 424 g/mol. The van der Waals surface area contributed by atoms with Gasteiger partial charge in [0.05, 0.1) is 16.5 Å². The van der Waals surface area contributed by atoms with E-state index in [9.17, 15) is 9.59 Å². The Balaban J connectivity index is 1.46. The Morgan fingerprint density at radius 1 is 1.00 bits per heavy atom. The zero-order chi connectivity index (χ0) is 20.4. The molecule has 146 valence electrons. The van der Waals surface area contributed by atoms with E-state index in [2.05, 4.69) is 5.32 Å². The molecule has 0 aliphatic carbocycles. The van der Waals surface area contributed by atoms with Gasteiger partial charge >= 0.3 is 0 Å². The van der Waals surface area contributed by atoms with Crippen molar-refractivity contribution in [2.45, 2.75) is 13.5 Å². The highest BCUT2D eigenvalue weighted by atomic mass is 35.5. The molecule has 1 N–H and O–H groups in total.